The highest BCUT2D eigenvalue weighted by Crippen LogP contribution is 2.28. The highest BCUT2D eigenvalue weighted by atomic mass is 32.1. The third kappa shape index (κ3) is 9.47. The van der Waals surface area contributed by atoms with Gasteiger partial charge in [-0.15, -0.1) is 11.3 Å². The summed E-state index contributed by atoms with van der Waals surface area (Å²) in [6.45, 7) is 10.3. The summed E-state index contributed by atoms with van der Waals surface area (Å²) in [5, 5.41) is 2.05. The van der Waals surface area contributed by atoms with Crippen molar-refractivity contribution in [1.29, 1.82) is 0 Å². The summed E-state index contributed by atoms with van der Waals surface area (Å²) in [4.78, 5) is 31.4. The minimum atomic E-state index is -0.152. The van der Waals surface area contributed by atoms with Crippen molar-refractivity contribution in [3.8, 4) is 11.5 Å². The quantitative estimate of drug-likeness (QED) is 0.331. The molecule has 0 aliphatic heterocycles. The maximum atomic E-state index is 13.6. The molecule has 0 bridgehead atoms. The van der Waals surface area contributed by atoms with Crippen molar-refractivity contribution in [2.75, 3.05) is 47.6 Å². The number of benzene rings is 1. The molecule has 36 heavy (non-hydrogen) atoms. The maximum Gasteiger partial charge on any atom is 0.242 e. The monoisotopic (exact) mass is 518 g/mol. The lowest BCUT2D eigenvalue weighted by atomic mass is 9.91. The fourth-order valence-corrected chi connectivity index (χ4v) is 4.77. The molecule has 0 aliphatic rings. The van der Waals surface area contributed by atoms with E-state index in [4.69, 9.17) is 14.2 Å². The first-order chi connectivity index (χ1) is 17.1. The van der Waals surface area contributed by atoms with Crippen molar-refractivity contribution in [3.05, 3.63) is 45.6 Å². The number of hydrogen-bond donors (Lipinski definition) is 0. The van der Waals surface area contributed by atoms with Gasteiger partial charge in [-0.2, -0.15) is 0 Å². The van der Waals surface area contributed by atoms with Crippen LogP contribution in [0, 0.1) is 12.3 Å². The third-order valence-corrected chi connectivity index (χ3v) is 6.92. The lowest BCUT2D eigenvalue weighted by Crippen LogP contribution is -2.44. The maximum absolute atomic E-state index is 13.6. The molecule has 1 aromatic heterocycles. The summed E-state index contributed by atoms with van der Waals surface area (Å²) in [5.74, 6) is 1.29. The smallest absolute Gasteiger partial charge is 0.242 e. The SMILES string of the molecule is COCCCN(CC(=O)N(CCc1ccc(OC)c(OC)c1)Cc1sccc1C)C(=O)CC(C)(C)C. The number of ether oxygens (including phenoxy) is 3. The molecule has 0 radical (unpaired) electrons. The van der Waals surface area contributed by atoms with Crippen LogP contribution < -0.4 is 9.47 Å². The van der Waals surface area contributed by atoms with Gasteiger partial charge in [0, 0.05) is 38.1 Å². The minimum absolute atomic E-state index is 0.000835. The van der Waals surface area contributed by atoms with Crippen LogP contribution in [0.3, 0.4) is 0 Å². The molecule has 0 spiro atoms. The van der Waals surface area contributed by atoms with Gasteiger partial charge >= 0.3 is 0 Å². The molecule has 7 nitrogen and oxygen atoms in total. The van der Waals surface area contributed by atoms with Crippen LogP contribution in [0.1, 0.15) is 49.6 Å². The Morgan fingerprint density at radius 3 is 2.25 bits per heavy atom. The van der Waals surface area contributed by atoms with E-state index in [1.165, 1.54) is 5.56 Å². The Morgan fingerprint density at radius 2 is 1.67 bits per heavy atom. The number of aryl methyl sites for hydroxylation is 1. The largest absolute Gasteiger partial charge is 0.493 e. The Bertz CT molecular complexity index is 983. The molecule has 0 aliphatic carbocycles. The van der Waals surface area contributed by atoms with Gasteiger partial charge in [0.05, 0.1) is 27.3 Å². The van der Waals surface area contributed by atoms with Crippen LogP contribution in [0.15, 0.2) is 29.6 Å². The van der Waals surface area contributed by atoms with E-state index in [1.807, 2.05) is 49.3 Å². The number of carbonyl (C=O) groups excluding carboxylic acids is 2. The average molecular weight is 519 g/mol. The molecule has 1 aromatic carbocycles. The van der Waals surface area contributed by atoms with Gasteiger partial charge in [0.15, 0.2) is 11.5 Å². The van der Waals surface area contributed by atoms with Crippen molar-refractivity contribution in [3.63, 3.8) is 0 Å². The van der Waals surface area contributed by atoms with E-state index >= 15 is 0 Å². The standard InChI is InChI=1S/C28H42N2O5S/c1-21-12-16-36-25(21)19-30(14-11-22-9-10-23(34-6)24(17-22)35-7)27(32)20-29(13-8-15-33-5)26(31)18-28(2,3)4/h9-10,12,16-17H,8,11,13-15,18-20H2,1-7H3. The van der Waals surface area contributed by atoms with Crippen molar-refractivity contribution in [2.45, 2.75) is 53.5 Å². The highest BCUT2D eigenvalue weighted by Gasteiger charge is 2.25. The molecule has 0 unspecified atom stereocenters. The van der Waals surface area contributed by atoms with E-state index < -0.39 is 0 Å². The zero-order valence-corrected chi connectivity index (χ0v) is 23.7. The number of amides is 2. The summed E-state index contributed by atoms with van der Waals surface area (Å²) in [5.41, 5.74) is 2.07. The van der Waals surface area contributed by atoms with E-state index in [0.29, 0.717) is 57.0 Å². The molecule has 8 heteroatoms. The number of hydrogen-bond acceptors (Lipinski definition) is 6. The minimum Gasteiger partial charge on any atom is -0.493 e. The van der Waals surface area contributed by atoms with Crippen molar-refractivity contribution >= 4 is 23.2 Å². The first-order valence-corrected chi connectivity index (χ1v) is 13.2. The normalized spacial score (nSPS) is 11.3. The number of thiophene rings is 1. The van der Waals surface area contributed by atoms with Gasteiger partial charge in [-0.3, -0.25) is 9.59 Å². The second kappa shape index (κ2) is 14.2. The first kappa shape index (κ1) is 29.6. The number of rotatable bonds is 14. The van der Waals surface area contributed by atoms with E-state index in [9.17, 15) is 9.59 Å². The van der Waals surface area contributed by atoms with Crippen molar-refractivity contribution < 1.29 is 23.8 Å². The summed E-state index contributed by atoms with van der Waals surface area (Å²) in [6.07, 6.45) is 1.74. The predicted octanol–water partition coefficient (Wildman–Crippen LogP) is 4.95. The van der Waals surface area contributed by atoms with Gasteiger partial charge < -0.3 is 24.0 Å². The van der Waals surface area contributed by atoms with Crippen molar-refractivity contribution in [1.82, 2.24) is 9.80 Å². The Balaban J connectivity index is 2.20. The van der Waals surface area contributed by atoms with Gasteiger partial charge in [0.1, 0.15) is 0 Å². The molecule has 0 atom stereocenters. The van der Waals surface area contributed by atoms with E-state index in [1.54, 1.807) is 37.6 Å². The molecule has 2 amide bonds. The summed E-state index contributed by atoms with van der Waals surface area (Å²) >= 11 is 1.65. The van der Waals surface area contributed by atoms with Crippen LogP contribution in [-0.4, -0.2) is 69.2 Å². The molecule has 2 rings (SSSR count). The molecule has 200 valence electrons. The fraction of sp³-hybridized carbons (Fsp3) is 0.571. The number of carbonyl (C=O) groups is 2. The van der Waals surface area contributed by atoms with Gasteiger partial charge in [-0.05, 0) is 59.9 Å². The fourth-order valence-electron chi connectivity index (χ4n) is 3.85. The summed E-state index contributed by atoms with van der Waals surface area (Å²) in [7, 11) is 4.87. The van der Waals surface area contributed by atoms with Gasteiger partial charge in [0.2, 0.25) is 11.8 Å². The van der Waals surface area contributed by atoms with Gasteiger partial charge in [-0.1, -0.05) is 26.8 Å². The number of methoxy groups -OCH3 is 3. The summed E-state index contributed by atoms with van der Waals surface area (Å²) in [6, 6.07) is 7.89. The van der Waals surface area contributed by atoms with Crippen LogP contribution in [0.5, 0.6) is 11.5 Å². The first-order valence-electron chi connectivity index (χ1n) is 12.4. The van der Waals surface area contributed by atoms with Crippen LogP contribution in [0.25, 0.3) is 0 Å². The van der Waals surface area contributed by atoms with Crippen LogP contribution in [0.2, 0.25) is 0 Å². The van der Waals surface area contributed by atoms with E-state index in [0.717, 1.165) is 10.4 Å². The van der Waals surface area contributed by atoms with E-state index in [2.05, 4.69) is 13.0 Å². The Labute approximate surface area is 220 Å². The molecule has 2 aromatic rings. The third-order valence-electron chi connectivity index (χ3n) is 5.91. The molecule has 0 saturated heterocycles. The zero-order valence-electron chi connectivity index (χ0n) is 22.9. The lowest BCUT2D eigenvalue weighted by molar-refractivity contribution is -0.142. The van der Waals surface area contributed by atoms with E-state index in [-0.39, 0.29) is 23.8 Å². The summed E-state index contributed by atoms with van der Waals surface area (Å²) < 4.78 is 16.0. The number of nitrogens with zero attached hydrogens (tertiary/aromatic N) is 2. The highest BCUT2D eigenvalue weighted by molar-refractivity contribution is 7.10. The molecule has 1 heterocycles. The van der Waals surface area contributed by atoms with Crippen LogP contribution >= 0.6 is 11.3 Å². The Morgan fingerprint density at radius 1 is 0.944 bits per heavy atom. The van der Waals surface area contributed by atoms with Crippen LogP contribution in [0.4, 0.5) is 0 Å². The Hall–Kier alpha value is -2.58. The zero-order chi connectivity index (χ0) is 26.7. The predicted molar refractivity (Wildman–Crippen MR) is 145 cm³/mol. The topological polar surface area (TPSA) is 68.3 Å². The van der Waals surface area contributed by atoms with Crippen LogP contribution in [-0.2, 0) is 27.3 Å². The molecule has 0 N–H and O–H groups in total. The molecular weight excluding hydrogens is 476 g/mol. The van der Waals surface area contributed by atoms with Crippen molar-refractivity contribution in [2.24, 2.45) is 5.41 Å². The Kier molecular flexibility index (Phi) is 11.7. The lowest BCUT2D eigenvalue weighted by Gasteiger charge is -2.30. The van der Waals surface area contributed by atoms with Gasteiger partial charge in [0.25, 0.3) is 0 Å². The second-order valence-corrected chi connectivity index (χ2v) is 11.2. The van der Waals surface area contributed by atoms with Gasteiger partial charge in [-0.25, -0.2) is 0 Å². The molecule has 0 saturated carbocycles. The molecule has 0 fully saturated rings. The average Bonchev–Trinajstić information content (AvgIpc) is 3.23. The second-order valence-electron chi connectivity index (χ2n) is 10.2. The molecular formula is C28H42N2O5S.